The monoisotopic (exact) mass is 373 g/mol. The lowest BCUT2D eigenvalue weighted by Crippen LogP contribution is -2.44. The summed E-state index contributed by atoms with van der Waals surface area (Å²) in [6, 6.07) is 8.25. The van der Waals surface area contributed by atoms with Gasteiger partial charge in [0.05, 0.1) is 25.9 Å². The third-order valence-corrected chi connectivity index (χ3v) is 4.19. The second-order valence-corrected chi connectivity index (χ2v) is 6.68. The van der Waals surface area contributed by atoms with Crippen molar-refractivity contribution in [2.24, 2.45) is 12.0 Å². The standard InChI is InChI=1S/C20H31N5O2/c1-5-21-19(23-15-20(3,26)18-12-24-25(4)13-18)22-11-16-7-9-17(10-8-16)14-27-6-2/h7-10,12-13,26H,5-6,11,14-15H2,1-4H3,(H2,21,22,23). The van der Waals surface area contributed by atoms with Gasteiger partial charge in [-0.15, -0.1) is 0 Å². The average Bonchev–Trinajstić information content (AvgIpc) is 3.10. The Kier molecular flexibility index (Phi) is 7.82. The molecule has 1 atom stereocenters. The van der Waals surface area contributed by atoms with Crippen molar-refractivity contribution in [2.45, 2.75) is 39.5 Å². The maximum absolute atomic E-state index is 10.7. The molecule has 0 radical (unpaired) electrons. The van der Waals surface area contributed by atoms with E-state index >= 15 is 0 Å². The second kappa shape index (κ2) is 10.1. The van der Waals surface area contributed by atoms with Gasteiger partial charge in [0, 0.05) is 32.0 Å². The molecule has 0 aliphatic carbocycles. The molecule has 0 aliphatic rings. The first-order valence-electron chi connectivity index (χ1n) is 9.34. The third-order valence-electron chi connectivity index (χ3n) is 4.19. The Hall–Kier alpha value is -2.38. The van der Waals surface area contributed by atoms with Crippen LogP contribution in [0.15, 0.2) is 41.7 Å². The minimum Gasteiger partial charge on any atom is -0.383 e. The number of aryl methyl sites for hydroxylation is 1. The lowest BCUT2D eigenvalue weighted by molar-refractivity contribution is 0.0616. The van der Waals surface area contributed by atoms with E-state index in [-0.39, 0.29) is 0 Å². The molecular weight excluding hydrogens is 342 g/mol. The van der Waals surface area contributed by atoms with Gasteiger partial charge in [0.15, 0.2) is 5.96 Å². The molecule has 7 nitrogen and oxygen atoms in total. The molecule has 1 aromatic heterocycles. The van der Waals surface area contributed by atoms with Gasteiger partial charge in [-0.05, 0) is 31.9 Å². The highest BCUT2D eigenvalue weighted by Gasteiger charge is 2.24. The summed E-state index contributed by atoms with van der Waals surface area (Å²) in [6.45, 7) is 8.74. The normalized spacial score (nSPS) is 14.0. The van der Waals surface area contributed by atoms with Crippen molar-refractivity contribution in [3.05, 3.63) is 53.3 Å². The van der Waals surface area contributed by atoms with Crippen molar-refractivity contribution in [1.29, 1.82) is 0 Å². The lowest BCUT2D eigenvalue weighted by Gasteiger charge is -2.23. The van der Waals surface area contributed by atoms with Crippen molar-refractivity contribution >= 4 is 5.96 Å². The van der Waals surface area contributed by atoms with Gasteiger partial charge in [-0.1, -0.05) is 24.3 Å². The number of nitrogens with one attached hydrogen (secondary N) is 2. The van der Waals surface area contributed by atoms with Crippen molar-refractivity contribution in [3.8, 4) is 0 Å². The maximum atomic E-state index is 10.7. The van der Waals surface area contributed by atoms with Gasteiger partial charge in [0.2, 0.25) is 0 Å². The zero-order valence-electron chi connectivity index (χ0n) is 16.7. The number of aliphatic imine (C=N–C) groups is 1. The summed E-state index contributed by atoms with van der Waals surface area (Å²) in [7, 11) is 1.83. The molecule has 1 heterocycles. The van der Waals surface area contributed by atoms with E-state index in [1.54, 1.807) is 17.8 Å². The molecule has 1 unspecified atom stereocenters. The number of nitrogens with zero attached hydrogens (tertiary/aromatic N) is 3. The Bertz CT molecular complexity index is 722. The quantitative estimate of drug-likeness (QED) is 0.462. The predicted molar refractivity (Wildman–Crippen MR) is 107 cm³/mol. The Morgan fingerprint density at radius 3 is 2.52 bits per heavy atom. The van der Waals surface area contributed by atoms with Crippen molar-refractivity contribution in [1.82, 2.24) is 20.4 Å². The van der Waals surface area contributed by atoms with Crippen LogP contribution in [0, 0.1) is 0 Å². The SMILES string of the molecule is CCNC(=NCc1ccc(COCC)cc1)NCC(C)(O)c1cnn(C)c1. The number of rotatable bonds is 9. The molecule has 0 fully saturated rings. The summed E-state index contributed by atoms with van der Waals surface area (Å²) in [6.07, 6.45) is 3.49. The van der Waals surface area contributed by atoms with Gasteiger partial charge < -0.3 is 20.5 Å². The number of aromatic nitrogens is 2. The first-order chi connectivity index (χ1) is 12.9. The highest BCUT2D eigenvalue weighted by Crippen LogP contribution is 2.18. The molecule has 2 aromatic rings. The molecule has 27 heavy (non-hydrogen) atoms. The Labute approximate surface area is 161 Å². The summed E-state index contributed by atoms with van der Waals surface area (Å²) in [5.41, 5.74) is 2.00. The van der Waals surface area contributed by atoms with Crippen LogP contribution in [-0.2, 0) is 30.5 Å². The van der Waals surface area contributed by atoms with Crippen LogP contribution in [0.5, 0.6) is 0 Å². The van der Waals surface area contributed by atoms with Crippen LogP contribution in [-0.4, -0.2) is 40.5 Å². The zero-order chi connectivity index (χ0) is 19.7. The van der Waals surface area contributed by atoms with E-state index in [1.165, 1.54) is 0 Å². The predicted octanol–water partition coefficient (Wildman–Crippen LogP) is 1.92. The fourth-order valence-corrected chi connectivity index (χ4v) is 2.53. The van der Waals surface area contributed by atoms with Gasteiger partial charge in [0.1, 0.15) is 5.60 Å². The molecule has 0 saturated heterocycles. The first kappa shape index (κ1) is 20.9. The molecular formula is C20H31N5O2. The lowest BCUT2D eigenvalue weighted by atomic mass is 10.00. The smallest absolute Gasteiger partial charge is 0.191 e. The number of ether oxygens (including phenoxy) is 1. The zero-order valence-corrected chi connectivity index (χ0v) is 16.7. The number of aliphatic hydroxyl groups is 1. The van der Waals surface area contributed by atoms with Crippen LogP contribution in [0.25, 0.3) is 0 Å². The highest BCUT2D eigenvalue weighted by molar-refractivity contribution is 5.79. The fourth-order valence-electron chi connectivity index (χ4n) is 2.53. The summed E-state index contributed by atoms with van der Waals surface area (Å²) in [4.78, 5) is 4.61. The van der Waals surface area contributed by atoms with E-state index in [1.807, 2.05) is 27.1 Å². The maximum Gasteiger partial charge on any atom is 0.191 e. The summed E-state index contributed by atoms with van der Waals surface area (Å²) < 4.78 is 7.09. The van der Waals surface area contributed by atoms with E-state index in [9.17, 15) is 5.11 Å². The third kappa shape index (κ3) is 6.69. The number of guanidine groups is 1. The van der Waals surface area contributed by atoms with Crippen molar-refractivity contribution < 1.29 is 9.84 Å². The molecule has 2 rings (SSSR count). The van der Waals surface area contributed by atoms with E-state index in [0.717, 1.165) is 23.2 Å². The van der Waals surface area contributed by atoms with Crippen LogP contribution in [0.2, 0.25) is 0 Å². The van der Waals surface area contributed by atoms with E-state index < -0.39 is 5.60 Å². The summed E-state index contributed by atoms with van der Waals surface area (Å²) >= 11 is 0. The minimum atomic E-state index is -1.04. The minimum absolute atomic E-state index is 0.331. The molecule has 0 amide bonds. The Balaban J connectivity index is 1.95. The molecule has 3 N–H and O–H groups in total. The fraction of sp³-hybridized carbons (Fsp3) is 0.500. The molecule has 0 saturated carbocycles. The topological polar surface area (TPSA) is 83.7 Å². The van der Waals surface area contributed by atoms with Crippen LogP contribution >= 0.6 is 0 Å². The van der Waals surface area contributed by atoms with Gasteiger partial charge >= 0.3 is 0 Å². The Morgan fingerprint density at radius 1 is 1.22 bits per heavy atom. The second-order valence-electron chi connectivity index (χ2n) is 6.68. The summed E-state index contributed by atoms with van der Waals surface area (Å²) in [5.74, 6) is 0.667. The largest absolute Gasteiger partial charge is 0.383 e. The van der Waals surface area contributed by atoms with E-state index in [2.05, 4.69) is 45.0 Å². The van der Waals surface area contributed by atoms with Crippen LogP contribution in [0.3, 0.4) is 0 Å². The number of benzene rings is 1. The summed E-state index contributed by atoms with van der Waals surface area (Å²) in [5, 5.41) is 21.2. The number of hydrogen-bond acceptors (Lipinski definition) is 4. The first-order valence-corrected chi connectivity index (χ1v) is 9.34. The van der Waals surface area contributed by atoms with E-state index in [0.29, 0.717) is 32.3 Å². The molecule has 0 aliphatic heterocycles. The van der Waals surface area contributed by atoms with Gasteiger partial charge in [0.25, 0.3) is 0 Å². The molecule has 148 valence electrons. The molecule has 7 heteroatoms. The molecule has 0 spiro atoms. The number of hydrogen-bond donors (Lipinski definition) is 3. The van der Waals surface area contributed by atoms with Crippen molar-refractivity contribution in [2.75, 3.05) is 19.7 Å². The van der Waals surface area contributed by atoms with E-state index in [4.69, 9.17) is 4.74 Å². The van der Waals surface area contributed by atoms with Crippen LogP contribution in [0.1, 0.15) is 37.5 Å². The Morgan fingerprint density at radius 2 is 1.93 bits per heavy atom. The van der Waals surface area contributed by atoms with Crippen LogP contribution < -0.4 is 10.6 Å². The molecule has 0 bridgehead atoms. The van der Waals surface area contributed by atoms with Gasteiger partial charge in [-0.25, -0.2) is 4.99 Å². The van der Waals surface area contributed by atoms with Gasteiger partial charge in [-0.3, -0.25) is 4.68 Å². The van der Waals surface area contributed by atoms with Crippen LogP contribution in [0.4, 0.5) is 0 Å². The molecule has 1 aromatic carbocycles. The average molecular weight is 374 g/mol. The van der Waals surface area contributed by atoms with Crippen molar-refractivity contribution in [3.63, 3.8) is 0 Å². The highest BCUT2D eigenvalue weighted by atomic mass is 16.5. The van der Waals surface area contributed by atoms with Gasteiger partial charge in [-0.2, -0.15) is 5.10 Å².